The largest absolute Gasteiger partial charge is 0.497 e. The van der Waals surface area contributed by atoms with Crippen LogP contribution in [0.4, 0.5) is 0 Å². The number of carboxylic acids is 1. The Morgan fingerprint density at radius 1 is 1.06 bits per heavy atom. The molecule has 0 heterocycles. The Bertz CT molecular complexity index is 982. The number of rotatable bonds is 9. The van der Waals surface area contributed by atoms with E-state index in [1.807, 2.05) is 0 Å². The summed E-state index contributed by atoms with van der Waals surface area (Å²) in [6.07, 6.45) is 4.27. The van der Waals surface area contributed by atoms with Crippen LogP contribution in [0.1, 0.15) is 25.0 Å². The Hall–Kier alpha value is -3.32. The van der Waals surface area contributed by atoms with Gasteiger partial charge in [0.25, 0.3) is 0 Å². The summed E-state index contributed by atoms with van der Waals surface area (Å²) in [5.41, 5.74) is 1.31. The number of carboxylic acid groups (broad SMARTS) is 1. The summed E-state index contributed by atoms with van der Waals surface area (Å²) in [7, 11) is 2.98. The van der Waals surface area contributed by atoms with E-state index in [9.17, 15) is 14.7 Å². The van der Waals surface area contributed by atoms with E-state index in [1.54, 1.807) is 57.4 Å². The predicted octanol–water partition coefficient (Wildman–Crippen LogP) is 4.50. The lowest BCUT2D eigenvalue weighted by Crippen LogP contribution is -2.24. The van der Waals surface area contributed by atoms with Gasteiger partial charge in [-0.05, 0) is 47.4 Å². The van der Waals surface area contributed by atoms with Gasteiger partial charge >= 0.3 is 11.9 Å². The number of halogens is 1. The number of methoxy groups -OCH3 is 2. The molecule has 0 saturated carbocycles. The fraction of sp³-hybridized carbons (Fsp3) is 0.261. The van der Waals surface area contributed by atoms with Crippen molar-refractivity contribution in [3.05, 3.63) is 58.6 Å². The Balaban J connectivity index is 2.18. The second-order valence-electron chi connectivity index (χ2n) is 6.87. The van der Waals surface area contributed by atoms with Gasteiger partial charge in [-0.15, -0.1) is 0 Å². The number of hydrogen-bond acceptors (Lipinski definition) is 6. The molecule has 164 valence electrons. The number of hydrogen-bond donors (Lipinski definition) is 1. The van der Waals surface area contributed by atoms with Crippen molar-refractivity contribution in [1.82, 2.24) is 0 Å². The van der Waals surface area contributed by atoms with Gasteiger partial charge in [0.15, 0.2) is 11.5 Å². The number of nitrogens with zero attached hydrogens (tertiary/aromatic N) is 1. The molecule has 0 aromatic heterocycles. The summed E-state index contributed by atoms with van der Waals surface area (Å²) >= 11 is 6.28. The second-order valence-corrected chi connectivity index (χ2v) is 7.27. The summed E-state index contributed by atoms with van der Waals surface area (Å²) in [6.45, 7) is 3.54. The minimum atomic E-state index is -1.02. The molecule has 1 atom stereocenters. The van der Waals surface area contributed by atoms with Gasteiger partial charge in [0.2, 0.25) is 0 Å². The number of carbonyl (C=O) groups excluding carboxylic acids is 1. The molecule has 31 heavy (non-hydrogen) atoms. The van der Waals surface area contributed by atoms with Gasteiger partial charge < -0.3 is 19.3 Å². The SMILES string of the molecule is COc1ccc(/C=C/C(=O)Oc2c(Cl)cc(/C=N/C(C(=O)O)C(C)C)cc2OC)cc1. The van der Waals surface area contributed by atoms with Crippen molar-refractivity contribution >= 4 is 35.8 Å². The van der Waals surface area contributed by atoms with Gasteiger partial charge in [0.05, 0.1) is 19.2 Å². The maximum Gasteiger partial charge on any atom is 0.336 e. The lowest BCUT2D eigenvalue weighted by Gasteiger charge is -2.12. The Kier molecular flexibility index (Phi) is 8.63. The summed E-state index contributed by atoms with van der Waals surface area (Å²) in [5.74, 6) is -0.839. The molecule has 0 aliphatic heterocycles. The van der Waals surface area contributed by atoms with E-state index < -0.39 is 18.0 Å². The maximum absolute atomic E-state index is 12.2. The third-order valence-electron chi connectivity index (χ3n) is 4.25. The van der Waals surface area contributed by atoms with Crippen molar-refractivity contribution in [1.29, 1.82) is 0 Å². The molecule has 7 nitrogen and oxygen atoms in total. The zero-order chi connectivity index (χ0) is 23.0. The van der Waals surface area contributed by atoms with Crippen LogP contribution in [-0.2, 0) is 9.59 Å². The molecule has 0 aliphatic carbocycles. The highest BCUT2D eigenvalue weighted by Gasteiger charge is 2.20. The number of ether oxygens (including phenoxy) is 3. The van der Waals surface area contributed by atoms with Crippen LogP contribution < -0.4 is 14.2 Å². The number of aliphatic carboxylic acids is 1. The Morgan fingerprint density at radius 2 is 1.74 bits per heavy atom. The number of aliphatic imine (C=N–C) groups is 1. The molecule has 0 fully saturated rings. The van der Waals surface area contributed by atoms with Gasteiger partial charge in [-0.1, -0.05) is 37.6 Å². The van der Waals surface area contributed by atoms with E-state index in [-0.39, 0.29) is 22.4 Å². The van der Waals surface area contributed by atoms with Crippen LogP contribution in [0.5, 0.6) is 17.2 Å². The summed E-state index contributed by atoms with van der Waals surface area (Å²) < 4.78 is 15.7. The Morgan fingerprint density at radius 3 is 2.29 bits per heavy atom. The number of esters is 1. The first kappa shape index (κ1) is 24.0. The van der Waals surface area contributed by atoms with Crippen LogP contribution in [-0.4, -0.2) is 43.5 Å². The van der Waals surface area contributed by atoms with Crippen LogP contribution in [0.15, 0.2) is 47.5 Å². The lowest BCUT2D eigenvalue weighted by molar-refractivity contribution is -0.139. The average molecular weight is 446 g/mol. The monoisotopic (exact) mass is 445 g/mol. The summed E-state index contributed by atoms with van der Waals surface area (Å²) in [5, 5.41) is 9.37. The standard InChI is InChI=1S/C23H24ClNO6/c1-14(2)21(23(27)28)25-13-16-11-18(24)22(19(12-16)30-4)31-20(26)10-7-15-5-8-17(29-3)9-6-15/h5-14,21H,1-4H3,(H,27,28)/b10-7+,25-13+. The van der Waals surface area contributed by atoms with Crippen LogP contribution in [0.2, 0.25) is 5.02 Å². The van der Waals surface area contributed by atoms with Crippen LogP contribution in [0.3, 0.4) is 0 Å². The van der Waals surface area contributed by atoms with Gasteiger partial charge in [-0.3, -0.25) is 4.99 Å². The fourth-order valence-corrected chi connectivity index (χ4v) is 2.87. The quantitative estimate of drug-likeness (QED) is 0.264. The molecule has 1 unspecified atom stereocenters. The third kappa shape index (κ3) is 6.86. The van der Waals surface area contributed by atoms with Gasteiger partial charge in [-0.2, -0.15) is 0 Å². The van der Waals surface area contributed by atoms with Crippen molar-refractivity contribution in [3.8, 4) is 17.2 Å². The number of carbonyl (C=O) groups is 2. The zero-order valence-electron chi connectivity index (χ0n) is 17.7. The molecule has 0 radical (unpaired) electrons. The predicted molar refractivity (Wildman–Crippen MR) is 120 cm³/mol. The highest BCUT2D eigenvalue weighted by molar-refractivity contribution is 6.32. The minimum absolute atomic E-state index is 0.0596. The van der Waals surface area contributed by atoms with Crippen molar-refractivity contribution in [2.45, 2.75) is 19.9 Å². The van der Waals surface area contributed by atoms with E-state index in [1.165, 1.54) is 25.5 Å². The first-order chi connectivity index (χ1) is 14.7. The molecule has 0 bridgehead atoms. The molecule has 2 aromatic rings. The van der Waals surface area contributed by atoms with Gasteiger partial charge in [0.1, 0.15) is 11.8 Å². The van der Waals surface area contributed by atoms with E-state index in [2.05, 4.69) is 4.99 Å². The third-order valence-corrected chi connectivity index (χ3v) is 4.53. The molecule has 2 aromatic carbocycles. The van der Waals surface area contributed by atoms with Crippen molar-refractivity contribution in [3.63, 3.8) is 0 Å². The van der Waals surface area contributed by atoms with Crippen LogP contribution >= 0.6 is 11.6 Å². The van der Waals surface area contributed by atoms with Gasteiger partial charge in [-0.25, -0.2) is 9.59 Å². The molecular formula is C23H24ClNO6. The number of benzene rings is 2. The fourth-order valence-electron chi connectivity index (χ4n) is 2.61. The topological polar surface area (TPSA) is 94.4 Å². The van der Waals surface area contributed by atoms with E-state index in [4.69, 9.17) is 25.8 Å². The molecule has 0 spiro atoms. The van der Waals surface area contributed by atoms with Gasteiger partial charge in [0, 0.05) is 12.3 Å². The van der Waals surface area contributed by atoms with E-state index in [0.717, 1.165) is 5.56 Å². The summed E-state index contributed by atoms with van der Waals surface area (Å²) in [4.78, 5) is 27.6. The van der Waals surface area contributed by atoms with Crippen LogP contribution in [0.25, 0.3) is 6.08 Å². The van der Waals surface area contributed by atoms with Crippen LogP contribution in [0, 0.1) is 5.92 Å². The van der Waals surface area contributed by atoms with Crippen molar-refractivity contribution in [2.24, 2.45) is 10.9 Å². The first-order valence-corrected chi connectivity index (χ1v) is 9.80. The molecule has 1 N–H and O–H groups in total. The second kappa shape index (κ2) is 11.2. The average Bonchev–Trinajstić information content (AvgIpc) is 2.73. The van der Waals surface area contributed by atoms with E-state index in [0.29, 0.717) is 11.3 Å². The molecule has 0 amide bonds. The first-order valence-electron chi connectivity index (χ1n) is 9.42. The van der Waals surface area contributed by atoms with Crippen molar-refractivity contribution < 1.29 is 28.9 Å². The molecular weight excluding hydrogens is 422 g/mol. The minimum Gasteiger partial charge on any atom is -0.497 e. The zero-order valence-corrected chi connectivity index (χ0v) is 18.4. The Labute approximate surface area is 185 Å². The highest BCUT2D eigenvalue weighted by atomic mass is 35.5. The normalized spacial score (nSPS) is 12.3. The smallest absolute Gasteiger partial charge is 0.336 e. The highest BCUT2D eigenvalue weighted by Crippen LogP contribution is 2.36. The molecule has 0 aliphatic rings. The van der Waals surface area contributed by atoms with Crippen molar-refractivity contribution in [2.75, 3.05) is 14.2 Å². The van der Waals surface area contributed by atoms with E-state index >= 15 is 0 Å². The molecule has 8 heteroatoms. The molecule has 2 rings (SSSR count). The summed E-state index contributed by atoms with van der Waals surface area (Å²) in [6, 6.07) is 9.34. The molecule has 0 saturated heterocycles. The maximum atomic E-state index is 12.2. The lowest BCUT2D eigenvalue weighted by atomic mass is 10.1.